The van der Waals surface area contributed by atoms with E-state index in [0.29, 0.717) is 6.61 Å². The van der Waals surface area contributed by atoms with Gasteiger partial charge in [0.1, 0.15) is 4.83 Å². The van der Waals surface area contributed by atoms with Crippen molar-refractivity contribution in [3.8, 4) is 0 Å². The van der Waals surface area contributed by atoms with E-state index in [0.717, 1.165) is 24.6 Å². The highest BCUT2D eigenvalue weighted by molar-refractivity contribution is 9.10. The number of carbonyl (C=O) groups is 1. The summed E-state index contributed by atoms with van der Waals surface area (Å²) in [5.74, 6) is -0.165. The second-order valence-corrected chi connectivity index (χ2v) is 5.60. The van der Waals surface area contributed by atoms with E-state index < -0.39 is 0 Å². The molecule has 0 saturated carbocycles. The van der Waals surface area contributed by atoms with Crippen LogP contribution in [0.1, 0.15) is 18.4 Å². The quantitative estimate of drug-likeness (QED) is 0.545. The fourth-order valence-corrected chi connectivity index (χ4v) is 2.16. The van der Waals surface area contributed by atoms with Crippen LogP contribution in [0.4, 0.5) is 0 Å². The molecule has 2 nitrogen and oxygen atoms in total. The van der Waals surface area contributed by atoms with E-state index in [1.807, 2.05) is 30.3 Å². The normalized spacial score (nSPS) is 12.1. The average Bonchev–Trinajstić information content (AvgIpc) is 2.37. The van der Waals surface area contributed by atoms with E-state index in [2.05, 4.69) is 31.9 Å². The summed E-state index contributed by atoms with van der Waals surface area (Å²) < 4.78 is 5.20. The summed E-state index contributed by atoms with van der Waals surface area (Å²) >= 11 is 6.67. The largest absolute Gasteiger partial charge is 0.465 e. The summed E-state index contributed by atoms with van der Waals surface area (Å²) in [6, 6.07) is 10.0. The number of alkyl halides is 2. The molecule has 0 bridgehead atoms. The Morgan fingerprint density at radius 2 is 2.00 bits per heavy atom. The van der Waals surface area contributed by atoms with Gasteiger partial charge in [-0.3, -0.25) is 4.79 Å². The van der Waals surface area contributed by atoms with Crippen LogP contribution in [0.15, 0.2) is 30.3 Å². The lowest BCUT2D eigenvalue weighted by atomic mass is 10.2. The molecule has 0 radical (unpaired) electrons. The molecule has 0 aliphatic heterocycles. The van der Waals surface area contributed by atoms with Gasteiger partial charge in [0.25, 0.3) is 0 Å². The van der Waals surface area contributed by atoms with Gasteiger partial charge in [0.2, 0.25) is 0 Å². The minimum atomic E-state index is -0.184. The third kappa shape index (κ3) is 6.22. The number of hydrogen-bond donors (Lipinski definition) is 0. The van der Waals surface area contributed by atoms with Gasteiger partial charge < -0.3 is 4.74 Å². The van der Waals surface area contributed by atoms with Gasteiger partial charge in [-0.15, -0.1) is 0 Å². The number of esters is 1. The van der Waals surface area contributed by atoms with E-state index >= 15 is 0 Å². The Hall–Kier alpha value is -0.350. The smallest absolute Gasteiger partial charge is 0.319 e. The monoisotopic (exact) mass is 362 g/mol. The maximum absolute atomic E-state index is 11.6. The number of hydrogen-bond acceptors (Lipinski definition) is 2. The van der Waals surface area contributed by atoms with Crippen molar-refractivity contribution in [1.29, 1.82) is 0 Å². The molecule has 1 rings (SSSR count). The molecule has 4 heteroatoms. The molecule has 0 amide bonds. The maximum Gasteiger partial charge on any atom is 0.319 e. The van der Waals surface area contributed by atoms with Crippen LogP contribution in [0.2, 0.25) is 0 Å². The first kappa shape index (κ1) is 14.7. The van der Waals surface area contributed by atoms with Gasteiger partial charge in [-0.05, 0) is 18.4 Å². The van der Waals surface area contributed by atoms with Crippen LogP contribution in [-0.2, 0) is 16.0 Å². The second-order valence-electron chi connectivity index (χ2n) is 3.70. The molecule has 0 aromatic heterocycles. The lowest BCUT2D eigenvalue weighted by Gasteiger charge is -2.09. The van der Waals surface area contributed by atoms with Gasteiger partial charge in [0.05, 0.1) is 6.61 Å². The van der Waals surface area contributed by atoms with E-state index in [1.54, 1.807) is 0 Å². The fraction of sp³-hybridized carbons (Fsp3) is 0.462. The number of halogens is 2. The number of benzene rings is 1. The lowest BCUT2D eigenvalue weighted by molar-refractivity contribution is -0.142. The predicted octanol–water partition coefficient (Wildman–Crippen LogP) is 3.71. The van der Waals surface area contributed by atoms with E-state index in [4.69, 9.17) is 4.74 Å². The van der Waals surface area contributed by atoms with Gasteiger partial charge in [0, 0.05) is 11.8 Å². The van der Waals surface area contributed by atoms with Crippen molar-refractivity contribution >= 4 is 37.8 Å². The first-order valence-corrected chi connectivity index (χ1v) is 7.68. The van der Waals surface area contributed by atoms with Gasteiger partial charge >= 0.3 is 5.97 Å². The minimum Gasteiger partial charge on any atom is -0.465 e. The van der Waals surface area contributed by atoms with Crippen LogP contribution in [0.5, 0.6) is 0 Å². The van der Waals surface area contributed by atoms with Crippen LogP contribution in [0.25, 0.3) is 0 Å². The Morgan fingerprint density at radius 1 is 1.29 bits per heavy atom. The van der Waals surface area contributed by atoms with Crippen LogP contribution >= 0.6 is 31.9 Å². The zero-order valence-corrected chi connectivity index (χ0v) is 12.7. The van der Waals surface area contributed by atoms with Gasteiger partial charge in [-0.1, -0.05) is 62.2 Å². The van der Waals surface area contributed by atoms with Crippen molar-refractivity contribution in [3.63, 3.8) is 0 Å². The van der Waals surface area contributed by atoms with Crippen LogP contribution in [0.3, 0.4) is 0 Å². The van der Waals surface area contributed by atoms with Gasteiger partial charge in [0.15, 0.2) is 0 Å². The molecule has 1 aromatic rings. The molecule has 0 heterocycles. The molecular weight excluding hydrogens is 348 g/mol. The summed E-state index contributed by atoms with van der Waals surface area (Å²) in [5.41, 5.74) is 1.19. The van der Waals surface area contributed by atoms with Crippen LogP contribution < -0.4 is 0 Å². The summed E-state index contributed by atoms with van der Waals surface area (Å²) in [4.78, 5) is 11.4. The molecule has 0 saturated heterocycles. The molecule has 0 fully saturated rings. The maximum atomic E-state index is 11.6. The number of ether oxygens (including phenoxy) is 1. The van der Waals surface area contributed by atoms with Crippen LogP contribution in [0, 0.1) is 0 Å². The third-order valence-electron chi connectivity index (χ3n) is 2.32. The first-order valence-electron chi connectivity index (χ1n) is 5.64. The van der Waals surface area contributed by atoms with Gasteiger partial charge in [-0.25, -0.2) is 0 Å². The van der Waals surface area contributed by atoms with Crippen molar-refractivity contribution in [2.75, 3.05) is 11.9 Å². The lowest BCUT2D eigenvalue weighted by Crippen LogP contribution is -2.18. The molecule has 1 aromatic carbocycles. The van der Waals surface area contributed by atoms with Crippen LogP contribution in [-0.4, -0.2) is 22.7 Å². The average molecular weight is 364 g/mol. The number of carbonyl (C=O) groups excluding carboxylic acids is 1. The van der Waals surface area contributed by atoms with E-state index in [-0.39, 0.29) is 10.8 Å². The highest BCUT2D eigenvalue weighted by atomic mass is 79.9. The fourth-order valence-electron chi connectivity index (χ4n) is 1.38. The molecule has 94 valence electrons. The zero-order chi connectivity index (χ0) is 12.5. The molecule has 0 spiro atoms. The molecule has 17 heavy (non-hydrogen) atoms. The molecule has 1 unspecified atom stereocenters. The highest BCUT2D eigenvalue weighted by Crippen LogP contribution is 2.11. The SMILES string of the molecule is O=C(OCCc1ccccc1)C(Br)CCCBr. The van der Waals surface area contributed by atoms with E-state index in [1.165, 1.54) is 5.56 Å². The Bertz CT molecular complexity index is 327. The Kier molecular flexibility index (Phi) is 7.53. The molecule has 0 aliphatic rings. The Labute approximate surface area is 119 Å². The Morgan fingerprint density at radius 3 is 2.65 bits per heavy atom. The summed E-state index contributed by atoms with van der Waals surface area (Å²) in [6.07, 6.45) is 2.53. The van der Waals surface area contributed by atoms with Crippen molar-refractivity contribution < 1.29 is 9.53 Å². The van der Waals surface area contributed by atoms with Crippen molar-refractivity contribution in [3.05, 3.63) is 35.9 Å². The van der Waals surface area contributed by atoms with E-state index in [9.17, 15) is 4.79 Å². The predicted molar refractivity (Wildman–Crippen MR) is 76.8 cm³/mol. The molecular formula is C13H16Br2O2. The zero-order valence-electron chi connectivity index (χ0n) is 9.57. The van der Waals surface area contributed by atoms with Gasteiger partial charge in [-0.2, -0.15) is 0 Å². The summed E-state index contributed by atoms with van der Waals surface area (Å²) in [5, 5.41) is 0.909. The van der Waals surface area contributed by atoms with Crippen molar-refractivity contribution in [2.24, 2.45) is 0 Å². The third-order valence-corrected chi connectivity index (χ3v) is 3.72. The summed E-state index contributed by atoms with van der Waals surface area (Å²) in [7, 11) is 0. The Balaban J connectivity index is 2.20. The minimum absolute atomic E-state index is 0.165. The standard InChI is InChI=1S/C13H16Br2O2/c14-9-4-7-12(15)13(16)17-10-8-11-5-2-1-3-6-11/h1-3,5-6,12H,4,7-10H2. The van der Waals surface area contributed by atoms with Crippen molar-refractivity contribution in [1.82, 2.24) is 0 Å². The molecule has 1 atom stereocenters. The highest BCUT2D eigenvalue weighted by Gasteiger charge is 2.15. The summed E-state index contributed by atoms with van der Waals surface area (Å²) in [6.45, 7) is 0.444. The van der Waals surface area contributed by atoms with Crippen molar-refractivity contribution in [2.45, 2.75) is 24.1 Å². The molecule has 0 N–H and O–H groups in total. The second kappa shape index (κ2) is 8.70. The topological polar surface area (TPSA) is 26.3 Å². The number of rotatable bonds is 7. The first-order chi connectivity index (χ1) is 8.24. The molecule has 0 aliphatic carbocycles.